The zero-order valence-electron chi connectivity index (χ0n) is 14.1. The van der Waals surface area contributed by atoms with Crippen LogP contribution in [0.5, 0.6) is 0 Å². The summed E-state index contributed by atoms with van der Waals surface area (Å²) in [6, 6.07) is 18.1. The highest BCUT2D eigenvalue weighted by Crippen LogP contribution is 2.53. The van der Waals surface area contributed by atoms with E-state index in [1.54, 1.807) is 0 Å². The molecule has 2 aromatic rings. The minimum Gasteiger partial charge on any atom is -0.376 e. The van der Waals surface area contributed by atoms with Gasteiger partial charge in [-0.15, -0.1) is 0 Å². The van der Waals surface area contributed by atoms with Crippen molar-refractivity contribution in [1.82, 2.24) is 5.32 Å². The lowest BCUT2D eigenvalue weighted by atomic mass is 9.71. The van der Waals surface area contributed by atoms with Gasteiger partial charge in [0, 0.05) is 23.0 Å². The van der Waals surface area contributed by atoms with E-state index >= 15 is 0 Å². The van der Waals surface area contributed by atoms with Gasteiger partial charge in [-0.05, 0) is 61.1 Å². The average Bonchev–Trinajstić information content (AvgIpc) is 2.89. The van der Waals surface area contributed by atoms with Crippen molar-refractivity contribution >= 4 is 15.9 Å². The molecule has 0 bridgehead atoms. The van der Waals surface area contributed by atoms with Gasteiger partial charge < -0.3 is 10.1 Å². The van der Waals surface area contributed by atoms with Gasteiger partial charge in [0.2, 0.25) is 0 Å². The Morgan fingerprint density at radius 1 is 1.17 bits per heavy atom. The summed E-state index contributed by atoms with van der Waals surface area (Å²) < 4.78 is 7.15. The molecule has 1 saturated heterocycles. The highest BCUT2D eigenvalue weighted by Gasteiger charge is 2.48. The number of rotatable bonds is 3. The molecule has 2 aliphatic rings. The lowest BCUT2D eigenvalue weighted by Crippen LogP contribution is -2.47. The van der Waals surface area contributed by atoms with Crippen molar-refractivity contribution in [2.45, 2.75) is 37.8 Å². The number of fused-ring (bicyclic) bond motifs is 1. The van der Waals surface area contributed by atoms with Crippen LogP contribution in [0, 0.1) is 5.41 Å². The molecule has 1 unspecified atom stereocenters. The Labute approximate surface area is 152 Å². The molecule has 4 rings (SSSR count). The molecule has 1 aliphatic heterocycles. The Balaban J connectivity index is 1.55. The fourth-order valence-corrected chi connectivity index (χ4v) is 5.03. The van der Waals surface area contributed by atoms with Crippen LogP contribution in [0.4, 0.5) is 0 Å². The van der Waals surface area contributed by atoms with Gasteiger partial charge in [-0.1, -0.05) is 52.3 Å². The molecule has 1 spiro atoms. The molecule has 24 heavy (non-hydrogen) atoms. The number of methoxy groups -OCH3 is 1. The van der Waals surface area contributed by atoms with Crippen LogP contribution in [-0.4, -0.2) is 19.7 Å². The van der Waals surface area contributed by atoms with Crippen molar-refractivity contribution in [3.63, 3.8) is 0 Å². The lowest BCUT2D eigenvalue weighted by molar-refractivity contribution is -0.0290. The van der Waals surface area contributed by atoms with Crippen LogP contribution in [0.25, 0.3) is 0 Å². The summed E-state index contributed by atoms with van der Waals surface area (Å²) in [7, 11) is 1.88. The van der Waals surface area contributed by atoms with Crippen LogP contribution in [0.1, 0.15) is 35.6 Å². The Hall–Kier alpha value is -1.16. The maximum atomic E-state index is 6.01. The first-order valence-corrected chi connectivity index (χ1v) is 9.58. The molecule has 1 aliphatic carbocycles. The van der Waals surface area contributed by atoms with E-state index in [4.69, 9.17) is 4.74 Å². The normalized spacial score (nSPS) is 28.9. The van der Waals surface area contributed by atoms with Gasteiger partial charge in [0.05, 0.1) is 6.10 Å². The van der Waals surface area contributed by atoms with Gasteiger partial charge in [0.1, 0.15) is 0 Å². The summed E-state index contributed by atoms with van der Waals surface area (Å²) in [4.78, 5) is 0. The van der Waals surface area contributed by atoms with E-state index < -0.39 is 0 Å². The predicted molar refractivity (Wildman–Crippen MR) is 101 cm³/mol. The van der Waals surface area contributed by atoms with Crippen LogP contribution in [-0.2, 0) is 17.6 Å². The molecule has 2 nitrogen and oxygen atoms in total. The summed E-state index contributed by atoms with van der Waals surface area (Å²) >= 11 is 3.52. The van der Waals surface area contributed by atoms with E-state index in [0.717, 1.165) is 23.9 Å². The second-order valence-corrected chi connectivity index (χ2v) is 8.21. The quantitative estimate of drug-likeness (QED) is 0.828. The van der Waals surface area contributed by atoms with Crippen LogP contribution in [0.3, 0.4) is 0 Å². The SMILES string of the molecule is CO[C@H]1c2ccccc2CC12CCN[C@H](Cc1ccc(Br)cc1)C2. The summed E-state index contributed by atoms with van der Waals surface area (Å²) in [5, 5.41) is 3.74. The molecule has 1 heterocycles. The fourth-order valence-electron chi connectivity index (χ4n) is 4.77. The Morgan fingerprint density at radius 2 is 1.96 bits per heavy atom. The number of hydrogen-bond acceptors (Lipinski definition) is 2. The molecular formula is C21H24BrNO. The highest BCUT2D eigenvalue weighted by molar-refractivity contribution is 9.10. The molecule has 2 aromatic carbocycles. The molecule has 3 atom stereocenters. The third-order valence-electron chi connectivity index (χ3n) is 5.78. The Kier molecular flexibility index (Phi) is 4.50. The highest BCUT2D eigenvalue weighted by atomic mass is 79.9. The van der Waals surface area contributed by atoms with Crippen molar-refractivity contribution in [3.8, 4) is 0 Å². The smallest absolute Gasteiger partial charge is 0.0884 e. The zero-order chi connectivity index (χ0) is 16.6. The monoisotopic (exact) mass is 385 g/mol. The number of benzene rings is 2. The van der Waals surface area contributed by atoms with Crippen molar-refractivity contribution in [2.75, 3.05) is 13.7 Å². The number of halogens is 1. The number of piperidine rings is 1. The van der Waals surface area contributed by atoms with Gasteiger partial charge in [0.15, 0.2) is 0 Å². The van der Waals surface area contributed by atoms with Gasteiger partial charge in [-0.25, -0.2) is 0 Å². The Morgan fingerprint density at radius 3 is 2.75 bits per heavy atom. The summed E-state index contributed by atoms with van der Waals surface area (Å²) in [6.45, 7) is 1.08. The molecule has 0 amide bonds. The summed E-state index contributed by atoms with van der Waals surface area (Å²) in [6.07, 6.45) is 4.85. The number of hydrogen-bond donors (Lipinski definition) is 1. The average molecular weight is 386 g/mol. The first-order chi connectivity index (χ1) is 11.7. The van der Waals surface area contributed by atoms with E-state index in [-0.39, 0.29) is 11.5 Å². The van der Waals surface area contributed by atoms with Crippen LogP contribution >= 0.6 is 15.9 Å². The van der Waals surface area contributed by atoms with Gasteiger partial charge in [-0.2, -0.15) is 0 Å². The molecule has 1 N–H and O–H groups in total. The number of nitrogens with one attached hydrogen (secondary N) is 1. The molecule has 0 saturated carbocycles. The van der Waals surface area contributed by atoms with Crippen LogP contribution in [0.2, 0.25) is 0 Å². The standard InChI is InChI=1S/C21H24BrNO/c1-24-20-19-5-3-2-4-16(19)13-21(20)10-11-23-18(14-21)12-15-6-8-17(22)9-7-15/h2-9,18,20,23H,10-14H2,1H3/t18-,20+,21?/m1/s1. The van der Waals surface area contributed by atoms with Gasteiger partial charge in [0.25, 0.3) is 0 Å². The molecule has 0 radical (unpaired) electrons. The molecular weight excluding hydrogens is 362 g/mol. The molecule has 0 aromatic heterocycles. The van der Waals surface area contributed by atoms with E-state index in [1.807, 2.05) is 7.11 Å². The zero-order valence-corrected chi connectivity index (χ0v) is 15.7. The van der Waals surface area contributed by atoms with Crippen molar-refractivity contribution in [3.05, 3.63) is 69.7 Å². The largest absolute Gasteiger partial charge is 0.376 e. The minimum absolute atomic E-state index is 0.239. The summed E-state index contributed by atoms with van der Waals surface area (Å²) in [5.41, 5.74) is 4.54. The minimum atomic E-state index is 0.239. The van der Waals surface area contributed by atoms with Gasteiger partial charge in [-0.3, -0.25) is 0 Å². The fraction of sp³-hybridized carbons (Fsp3) is 0.429. The predicted octanol–water partition coefficient (Wildman–Crippen LogP) is 4.67. The van der Waals surface area contributed by atoms with Crippen LogP contribution in [0.15, 0.2) is 53.0 Å². The number of ether oxygens (including phenoxy) is 1. The first-order valence-electron chi connectivity index (χ1n) is 8.79. The van der Waals surface area contributed by atoms with E-state index in [0.29, 0.717) is 6.04 Å². The van der Waals surface area contributed by atoms with Crippen molar-refractivity contribution in [1.29, 1.82) is 0 Å². The maximum absolute atomic E-state index is 6.01. The van der Waals surface area contributed by atoms with E-state index in [9.17, 15) is 0 Å². The van der Waals surface area contributed by atoms with Crippen molar-refractivity contribution in [2.24, 2.45) is 5.41 Å². The third-order valence-corrected chi connectivity index (χ3v) is 6.30. The van der Waals surface area contributed by atoms with E-state index in [2.05, 4.69) is 69.8 Å². The van der Waals surface area contributed by atoms with Crippen molar-refractivity contribution < 1.29 is 4.74 Å². The summed E-state index contributed by atoms with van der Waals surface area (Å²) in [5.74, 6) is 0. The third kappa shape index (κ3) is 2.94. The Bertz CT molecular complexity index is 714. The van der Waals surface area contributed by atoms with Crippen LogP contribution < -0.4 is 5.32 Å². The second kappa shape index (κ2) is 6.62. The van der Waals surface area contributed by atoms with E-state index in [1.165, 1.54) is 29.5 Å². The lowest BCUT2D eigenvalue weighted by Gasteiger charge is -2.42. The topological polar surface area (TPSA) is 21.3 Å². The molecule has 1 fully saturated rings. The maximum Gasteiger partial charge on any atom is 0.0884 e. The van der Waals surface area contributed by atoms with Gasteiger partial charge >= 0.3 is 0 Å². The second-order valence-electron chi connectivity index (χ2n) is 7.29. The molecule has 3 heteroatoms. The first kappa shape index (κ1) is 16.3. The molecule has 126 valence electrons.